The standard InChI is InChI=1S/C13H23N3O3/c1-9(8-18-5)14-10(17)6-7-11-15-12(16-19-11)13(2,3)4/h9H,6-8H2,1-5H3,(H,14,17). The molecule has 19 heavy (non-hydrogen) atoms. The van der Waals surface area contributed by atoms with Gasteiger partial charge in [0.2, 0.25) is 11.8 Å². The average Bonchev–Trinajstić information content (AvgIpc) is 2.74. The number of rotatable bonds is 6. The Kier molecular flexibility index (Phi) is 5.47. The van der Waals surface area contributed by atoms with Gasteiger partial charge in [0.15, 0.2) is 5.82 Å². The van der Waals surface area contributed by atoms with Crippen molar-refractivity contribution < 1.29 is 14.1 Å². The number of carbonyl (C=O) groups is 1. The molecule has 1 heterocycles. The second-order valence-corrected chi connectivity index (χ2v) is 5.69. The van der Waals surface area contributed by atoms with Gasteiger partial charge in [0.05, 0.1) is 6.61 Å². The van der Waals surface area contributed by atoms with Crippen LogP contribution in [-0.4, -0.2) is 35.8 Å². The lowest BCUT2D eigenvalue weighted by molar-refractivity contribution is -0.122. The topological polar surface area (TPSA) is 77.2 Å². The smallest absolute Gasteiger partial charge is 0.227 e. The Morgan fingerprint density at radius 3 is 2.68 bits per heavy atom. The summed E-state index contributed by atoms with van der Waals surface area (Å²) >= 11 is 0. The number of nitrogens with zero attached hydrogens (tertiary/aromatic N) is 2. The van der Waals surface area contributed by atoms with Gasteiger partial charge in [-0.05, 0) is 6.92 Å². The predicted molar refractivity (Wildman–Crippen MR) is 70.8 cm³/mol. The van der Waals surface area contributed by atoms with Gasteiger partial charge in [-0.2, -0.15) is 4.98 Å². The van der Waals surface area contributed by atoms with E-state index in [0.717, 1.165) is 0 Å². The molecule has 0 aliphatic heterocycles. The monoisotopic (exact) mass is 269 g/mol. The molecule has 1 aromatic heterocycles. The molecule has 1 atom stereocenters. The third kappa shape index (κ3) is 5.38. The Hall–Kier alpha value is -1.43. The van der Waals surface area contributed by atoms with E-state index in [1.54, 1.807) is 7.11 Å². The first kappa shape index (κ1) is 15.6. The minimum atomic E-state index is -0.142. The summed E-state index contributed by atoms with van der Waals surface area (Å²) in [5.74, 6) is 1.12. The Morgan fingerprint density at radius 2 is 2.16 bits per heavy atom. The van der Waals surface area contributed by atoms with Gasteiger partial charge in [-0.25, -0.2) is 0 Å². The van der Waals surface area contributed by atoms with Gasteiger partial charge in [-0.3, -0.25) is 4.79 Å². The van der Waals surface area contributed by atoms with Crippen LogP contribution in [0.1, 0.15) is 45.8 Å². The molecule has 1 N–H and O–H groups in total. The number of hydrogen-bond donors (Lipinski definition) is 1. The van der Waals surface area contributed by atoms with Crippen LogP contribution in [0.4, 0.5) is 0 Å². The van der Waals surface area contributed by atoms with Gasteiger partial charge in [0.1, 0.15) is 0 Å². The van der Waals surface area contributed by atoms with E-state index in [2.05, 4.69) is 15.5 Å². The highest BCUT2D eigenvalue weighted by atomic mass is 16.5. The molecule has 0 saturated carbocycles. The van der Waals surface area contributed by atoms with Crippen molar-refractivity contribution in [3.8, 4) is 0 Å². The van der Waals surface area contributed by atoms with Crippen molar-refractivity contribution >= 4 is 5.91 Å². The first-order valence-corrected chi connectivity index (χ1v) is 6.44. The van der Waals surface area contributed by atoms with E-state index in [9.17, 15) is 4.79 Å². The van der Waals surface area contributed by atoms with Gasteiger partial charge in [-0.15, -0.1) is 0 Å². The van der Waals surface area contributed by atoms with E-state index < -0.39 is 0 Å². The molecule has 1 unspecified atom stereocenters. The summed E-state index contributed by atoms with van der Waals surface area (Å²) < 4.78 is 10.1. The fraction of sp³-hybridized carbons (Fsp3) is 0.769. The van der Waals surface area contributed by atoms with E-state index >= 15 is 0 Å². The van der Waals surface area contributed by atoms with E-state index in [4.69, 9.17) is 9.26 Å². The van der Waals surface area contributed by atoms with Crippen molar-refractivity contribution in [1.82, 2.24) is 15.5 Å². The summed E-state index contributed by atoms with van der Waals surface area (Å²) in [6.45, 7) is 8.44. The molecule has 0 aromatic carbocycles. The molecule has 6 nitrogen and oxygen atoms in total. The van der Waals surface area contributed by atoms with Crippen LogP contribution in [0.15, 0.2) is 4.52 Å². The highest BCUT2D eigenvalue weighted by Crippen LogP contribution is 2.18. The fourth-order valence-corrected chi connectivity index (χ4v) is 1.52. The normalized spacial score (nSPS) is 13.3. The summed E-state index contributed by atoms with van der Waals surface area (Å²) in [4.78, 5) is 15.9. The zero-order valence-corrected chi connectivity index (χ0v) is 12.3. The van der Waals surface area contributed by atoms with Crippen LogP contribution in [0.3, 0.4) is 0 Å². The van der Waals surface area contributed by atoms with Gasteiger partial charge in [0, 0.05) is 31.4 Å². The van der Waals surface area contributed by atoms with E-state index in [0.29, 0.717) is 31.2 Å². The largest absolute Gasteiger partial charge is 0.383 e. The van der Waals surface area contributed by atoms with Crippen LogP contribution in [0.25, 0.3) is 0 Å². The first-order valence-electron chi connectivity index (χ1n) is 6.44. The molecule has 108 valence electrons. The number of aromatic nitrogens is 2. The number of ether oxygens (including phenoxy) is 1. The SMILES string of the molecule is COCC(C)NC(=O)CCc1nc(C(C)(C)C)no1. The molecule has 0 saturated heterocycles. The maximum Gasteiger partial charge on any atom is 0.227 e. The van der Waals surface area contributed by atoms with Gasteiger partial charge in [-0.1, -0.05) is 25.9 Å². The summed E-state index contributed by atoms with van der Waals surface area (Å²) in [7, 11) is 1.61. The number of aryl methyl sites for hydroxylation is 1. The van der Waals surface area contributed by atoms with E-state index in [1.165, 1.54) is 0 Å². The van der Waals surface area contributed by atoms with Crippen molar-refractivity contribution in [3.63, 3.8) is 0 Å². The Bertz CT molecular complexity index is 410. The lowest BCUT2D eigenvalue weighted by Gasteiger charge is -2.12. The molecule has 0 fully saturated rings. The fourth-order valence-electron chi connectivity index (χ4n) is 1.52. The zero-order chi connectivity index (χ0) is 14.5. The lowest BCUT2D eigenvalue weighted by atomic mass is 9.96. The molecule has 0 bridgehead atoms. The van der Waals surface area contributed by atoms with Gasteiger partial charge < -0.3 is 14.6 Å². The molecule has 0 aliphatic carbocycles. The van der Waals surface area contributed by atoms with Crippen molar-refractivity contribution in [2.45, 2.75) is 52.0 Å². The molecule has 1 aromatic rings. The maximum absolute atomic E-state index is 11.6. The molecule has 1 rings (SSSR count). The number of nitrogens with one attached hydrogen (secondary N) is 1. The molecule has 0 radical (unpaired) electrons. The van der Waals surface area contributed by atoms with Gasteiger partial charge >= 0.3 is 0 Å². The Labute approximate surface area is 113 Å². The molecular formula is C13H23N3O3. The number of methoxy groups -OCH3 is 1. The second kappa shape index (κ2) is 6.65. The Morgan fingerprint density at radius 1 is 1.47 bits per heavy atom. The number of amides is 1. The van der Waals surface area contributed by atoms with E-state index in [-0.39, 0.29) is 17.4 Å². The average molecular weight is 269 g/mol. The molecule has 1 amide bonds. The quantitative estimate of drug-likeness (QED) is 0.845. The van der Waals surface area contributed by atoms with Crippen molar-refractivity contribution in [1.29, 1.82) is 0 Å². The summed E-state index contributed by atoms with van der Waals surface area (Å²) in [5, 5.41) is 6.75. The maximum atomic E-state index is 11.6. The minimum absolute atomic E-state index is 0.00493. The number of hydrogen-bond acceptors (Lipinski definition) is 5. The van der Waals surface area contributed by atoms with Crippen LogP contribution < -0.4 is 5.32 Å². The number of carbonyl (C=O) groups excluding carboxylic acids is 1. The van der Waals surface area contributed by atoms with Crippen molar-refractivity contribution in [2.24, 2.45) is 0 Å². The molecule has 0 spiro atoms. The highest BCUT2D eigenvalue weighted by Gasteiger charge is 2.21. The second-order valence-electron chi connectivity index (χ2n) is 5.69. The highest BCUT2D eigenvalue weighted by molar-refractivity contribution is 5.76. The Balaban J connectivity index is 2.40. The summed E-state index contributed by atoms with van der Waals surface area (Å²) in [5.41, 5.74) is -0.142. The predicted octanol–water partition coefficient (Wildman–Crippen LogP) is 1.45. The molecular weight excluding hydrogens is 246 g/mol. The van der Waals surface area contributed by atoms with Crippen molar-refractivity contribution in [3.05, 3.63) is 11.7 Å². The first-order chi connectivity index (χ1) is 8.82. The van der Waals surface area contributed by atoms with Crippen LogP contribution in [0.2, 0.25) is 0 Å². The van der Waals surface area contributed by atoms with Crippen LogP contribution in [-0.2, 0) is 21.4 Å². The van der Waals surface area contributed by atoms with Crippen LogP contribution in [0.5, 0.6) is 0 Å². The third-order valence-corrected chi connectivity index (χ3v) is 2.53. The van der Waals surface area contributed by atoms with Crippen molar-refractivity contribution in [2.75, 3.05) is 13.7 Å². The van der Waals surface area contributed by atoms with Crippen LogP contribution >= 0.6 is 0 Å². The molecule has 6 heteroatoms. The van der Waals surface area contributed by atoms with E-state index in [1.807, 2.05) is 27.7 Å². The molecule has 0 aliphatic rings. The van der Waals surface area contributed by atoms with Gasteiger partial charge in [0.25, 0.3) is 0 Å². The van der Waals surface area contributed by atoms with Crippen LogP contribution in [0, 0.1) is 0 Å². The summed E-state index contributed by atoms with van der Waals surface area (Å²) in [6, 6.07) is 0.00493. The zero-order valence-electron chi connectivity index (χ0n) is 12.3. The third-order valence-electron chi connectivity index (χ3n) is 2.53. The summed E-state index contributed by atoms with van der Waals surface area (Å²) in [6.07, 6.45) is 0.786. The minimum Gasteiger partial charge on any atom is -0.383 e. The lowest BCUT2D eigenvalue weighted by Crippen LogP contribution is -2.35.